The van der Waals surface area contributed by atoms with Gasteiger partial charge in [0.1, 0.15) is 17.2 Å². The Morgan fingerprint density at radius 3 is 2.86 bits per heavy atom. The zero-order valence-electron chi connectivity index (χ0n) is 16.5. The number of fused-ring (bicyclic) bond motifs is 2. The average Bonchev–Trinajstić information content (AvgIpc) is 3.16. The summed E-state index contributed by atoms with van der Waals surface area (Å²) >= 11 is 0. The minimum atomic E-state index is -1.18. The van der Waals surface area contributed by atoms with Gasteiger partial charge in [-0.1, -0.05) is 24.3 Å². The third kappa shape index (κ3) is 1.34. The van der Waals surface area contributed by atoms with E-state index in [0.29, 0.717) is 6.61 Å². The molecule has 0 amide bonds. The van der Waals surface area contributed by atoms with Crippen LogP contribution in [-0.2, 0) is 19.7 Å². The summed E-state index contributed by atoms with van der Waals surface area (Å²) < 4.78 is 12.0. The summed E-state index contributed by atoms with van der Waals surface area (Å²) in [4.78, 5) is 18.3. The molecule has 2 bridgehead atoms. The molecular weight excluding hydrogens is 356 g/mol. The maximum Gasteiger partial charge on any atom is 0.319 e. The van der Waals surface area contributed by atoms with Crippen LogP contribution in [0, 0.1) is 11.3 Å². The van der Waals surface area contributed by atoms with Gasteiger partial charge < -0.3 is 19.5 Å². The number of aliphatic hydroxyl groups excluding tert-OH is 1. The van der Waals surface area contributed by atoms with Gasteiger partial charge in [0, 0.05) is 25.2 Å². The predicted octanol–water partition coefficient (Wildman–Crippen LogP) is 1.63. The Kier molecular flexibility index (Phi) is 3.03. The summed E-state index contributed by atoms with van der Waals surface area (Å²) in [6.45, 7) is 3.22. The van der Waals surface area contributed by atoms with Crippen LogP contribution in [-0.4, -0.2) is 61.3 Å². The SMILES string of the molecule is C/C=C1\CO[C@@H](O)[C@@]23C(=O)O[C@@H](C[C@@H]12)[C@]12N(C)CC[C@]31c1ccccc1N2C. The molecular formula is C22H26N2O4. The molecule has 5 aliphatic heterocycles. The van der Waals surface area contributed by atoms with Gasteiger partial charge in [-0.2, -0.15) is 0 Å². The van der Waals surface area contributed by atoms with E-state index in [2.05, 4.69) is 42.1 Å². The molecule has 1 spiro atoms. The highest BCUT2D eigenvalue weighted by atomic mass is 16.6. The van der Waals surface area contributed by atoms with Crippen LogP contribution >= 0.6 is 0 Å². The van der Waals surface area contributed by atoms with Gasteiger partial charge in [0.25, 0.3) is 0 Å². The highest BCUT2D eigenvalue weighted by Crippen LogP contribution is 2.76. The molecule has 0 aromatic heterocycles. The number of carbonyl (C=O) groups is 1. The first-order chi connectivity index (χ1) is 13.5. The molecule has 5 fully saturated rings. The minimum absolute atomic E-state index is 0.0633. The second-order valence-corrected chi connectivity index (χ2v) is 8.96. The van der Waals surface area contributed by atoms with Crippen molar-refractivity contribution in [1.82, 2.24) is 4.90 Å². The van der Waals surface area contributed by atoms with Crippen molar-refractivity contribution < 1.29 is 19.4 Å². The van der Waals surface area contributed by atoms with Gasteiger partial charge >= 0.3 is 5.97 Å². The summed E-state index contributed by atoms with van der Waals surface area (Å²) in [5.74, 6) is -0.358. The Hall–Kier alpha value is -1.89. The lowest BCUT2D eigenvalue weighted by Gasteiger charge is -2.69. The van der Waals surface area contributed by atoms with Crippen molar-refractivity contribution in [2.24, 2.45) is 11.3 Å². The van der Waals surface area contributed by atoms with Crippen LogP contribution in [0.1, 0.15) is 25.3 Å². The van der Waals surface area contributed by atoms with E-state index in [9.17, 15) is 9.90 Å². The molecule has 1 aromatic rings. The summed E-state index contributed by atoms with van der Waals surface area (Å²) in [7, 11) is 4.23. The van der Waals surface area contributed by atoms with Gasteiger partial charge in [-0.05, 0) is 44.0 Å². The quantitative estimate of drug-likeness (QED) is 0.544. The number of benzene rings is 1. The van der Waals surface area contributed by atoms with Crippen LogP contribution < -0.4 is 4.90 Å². The number of hydrogen-bond donors (Lipinski definition) is 1. The summed E-state index contributed by atoms with van der Waals surface area (Å²) in [6, 6.07) is 8.35. The van der Waals surface area contributed by atoms with Crippen molar-refractivity contribution in [2.75, 3.05) is 32.1 Å². The fourth-order valence-electron chi connectivity index (χ4n) is 7.83. The second kappa shape index (κ2) is 4.99. The van der Waals surface area contributed by atoms with Gasteiger partial charge in [0.2, 0.25) is 0 Å². The zero-order chi connectivity index (χ0) is 19.5. The van der Waals surface area contributed by atoms with E-state index < -0.39 is 22.8 Å². The second-order valence-electron chi connectivity index (χ2n) is 8.96. The molecule has 6 nitrogen and oxygen atoms in total. The number of rotatable bonds is 0. The zero-order valence-corrected chi connectivity index (χ0v) is 16.5. The third-order valence-corrected chi connectivity index (χ3v) is 8.63. The van der Waals surface area contributed by atoms with Crippen LogP contribution in [0.5, 0.6) is 0 Å². The number of carbonyl (C=O) groups excluding carboxylic acids is 1. The highest BCUT2D eigenvalue weighted by Gasteiger charge is 2.88. The molecule has 6 atom stereocenters. The maximum atomic E-state index is 13.7. The largest absolute Gasteiger partial charge is 0.458 e. The van der Waals surface area contributed by atoms with E-state index in [0.717, 1.165) is 36.2 Å². The number of nitrogens with zero attached hydrogens (tertiary/aromatic N) is 2. The number of hydrogen-bond acceptors (Lipinski definition) is 6. The predicted molar refractivity (Wildman–Crippen MR) is 103 cm³/mol. The van der Waals surface area contributed by atoms with E-state index in [1.165, 1.54) is 0 Å². The van der Waals surface area contributed by atoms with Gasteiger partial charge in [-0.3, -0.25) is 9.69 Å². The molecule has 1 N–H and O–H groups in total. The Balaban J connectivity index is 1.76. The first-order valence-corrected chi connectivity index (χ1v) is 10.2. The molecule has 6 heteroatoms. The maximum absolute atomic E-state index is 13.7. The number of likely N-dealkylation sites (tertiary alicyclic amines) is 1. The number of allylic oxidation sites excluding steroid dienone is 1. The number of anilines is 1. The normalized spacial score (nSPS) is 47.6. The number of aliphatic hydroxyl groups is 1. The standard InChI is InChI=1S/C22H26N2O4/c1-4-13-12-27-18(25)21-15(13)11-17(28-19(21)26)22-20(21,9-10-23(22)2)14-7-5-6-8-16(14)24(22)3/h4-8,15,17-18,25H,9-12H2,1-3H3/b13-4+/t15-,17-,18+,20-,21+,22+/m0/s1. The smallest absolute Gasteiger partial charge is 0.319 e. The van der Waals surface area contributed by atoms with E-state index >= 15 is 0 Å². The van der Waals surface area contributed by atoms with Crippen molar-refractivity contribution in [1.29, 1.82) is 0 Å². The number of likely N-dealkylation sites (N-methyl/N-ethyl adjacent to an activating group) is 2. The molecule has 148 valence electrons. The van der Waals surface area contributed by atoms with Gasteiger partial charge in [0.05, 0.1) is 12.0 Å². The molecule has 7 rings (SSSR count). The van der Waals surface area contributed by atoms with Crippen LogP contribution in [0.15, 0.2) is 35.9 Å². The number of ether oxygens (including phenoxy) is 2. The first kappa shape index (κ1) is 17.0. The topological polar surface area (TPSA) is 62.2 Å². The summed E-state index contributed by atoms with van der Waals surface area (Å²) in [5.41, 5.74) is 1.17. The van der Waals surface area contributed by atoms with Crippen LogP contribution in [0.2, 0.25) is 0 Å². The lowest BCUT2D eigenvalue weighted by Crippen LogP contribution is -2.85. The molecule has 0 unspecified atom stereocenters. The van der Waals surface area contributed by atoms with Crippen LogP contribution in [0.25, 0.3) is 0 Å². The van der Waals surface area contributed by atoms with Crippen LogP contribution in [0.3, 0.4) is 0 Å². The Labute approximate surface area is 164 Å². The van der Waals surface area contributed by atoms with Crippen molar-refractivity contribution in [3.63, 3.8) is 0 Å². The molecule has 1 saturated carbocycles. The van der Waals surface area contributed by atoms with Crippen molar-refractivity contribution in [3.8, 4) is 0 Å². The van der Waals surface area contributed by atoms with E-state index in [1.807, 2.05) is 19.1 Å². The lowest BCUT2D eigenvalue weighted by atomic mass is 9.42. The number of esters is 1. The third-order valence-electron chi connectivity index (χ3n) is 8.63. The molecule has 1 aliphatic carbocycles. The Bertz CT molecular complexity index is 931. The summed E-state index contributed by atoms with van der Waals surface area (Å²) in [5, 5.41) is 11.4. The van der Waals surface area contributed by atoms with Crippen LogP contribution in [0.4, 0.5) is 5.69 Å². The van der Waals surface area contributed by atoms with Crippen molar-refractivity contribution >= 4 is 11.7 Å². The lowest BCUT2D eigenvalue weighted by molar-refractivity contribution is -0.304. The Morgan fingerprint density at radius 1 is 1.29 bits per heavy atom. The number of para-hydroxylation sites is 1. The highest BCUT2D eigenvalue weighted by molar-refractivity contribution is 5.89. The van der Waals surface area contributed by atoms with Crippen molar-refractivity contribution in [3.05, 3.63) is 41.5 Å². The van der Waals surface area contributed by atoms with E-state index in [4.69, 9.17) is 9.47 Å². The molecule has 5 heterocycles. The molecule has 28 heavy (non-hydrogen) atoms. The molecule has 0 radical (unpaired) electrons. The van der Waals surface area contributed by atoms with Gasteiger partial charge in [-0.15, -0.1) is 0 Å². The minimum Gasteiger partial charge on any atom is -0.458 e. The molecule has 1 aromatic carbocycles. The fourth-order valence-corrected chi connectivity index (χ4v) is 7.83. The van der Waals surface area contributed by atoms with E-state index in [-0.39, 0.29) is 18.0 Å². The molecule has 4 saturated heterocycles. The van der Waals surface area contributed by atoms with E-state index in [1.54, 1.807) is 0 Å². The average molecular weight is 382 g/mol. The molecule has 6 aliphatic rings. The van der Waals surface area contributed by atoms with Gasteiger partial charge in [-0.25, -0.2) is 0 Å². The summed E-state index contributed by atoms with van der Waals surface area (Å²) in [6.07, 6.45) is 2.14. The van der Waals surface area contributed by atoms with Crippen molar-refractivity contribution in [2.45, 2.75) is 43.2 Å². The Morgan fingerprint density at radius 2 is 2.07 bits per heavy atom. The monoisotopic (exact) mass is 382 g/mol. The first-order valence-electron chi connectivity index (χ1n) is 10.2. The fraction of sp³-hybridized carbons (Fsp3) is 0.591. The van der Waals surface area contributed by atoms with Gasteiger partial charge in [0.15, 0.2) is 6.29 Å².